The highest BCUT2D eigenvalue weighted by atomic mass is 16.1. The summed E-state index contributed by atoms with van der Waals surface area (Å²) in [5, 5.41) is 29.0. The summed E-state index contributed by atoms with van der Waals surface area (Å²) >= 11 is 0. The maximum Gasteiger partial charge on any atom is 0.264 e. The predicted octanol–water partition coefficient (Wildman–Crippen LogP) is 25.8. The molecule has 0 saturated heterocycles. The predicted molar refractivity (Wildman–Crippen MR) is 503 cm³/mol. The summed E-state index contributed by atoms with van der Waals surface area (Å²) in [6.45, 7) is 22.0. The highest BCUT2D eigenvalue weighted by Crippen LogP contribution is 2.34. The standard InChI is InChI=1S/3C19H9N3O.3C8H10.4C7H8/c1-20-12-8-9-15-16(10-12)22-18(21-15)13-6-2-4-11-5-3-7-14(17(11)13)19(22)23;2*20-10-11-7-8-16-15(9-11)21-18-13-5-1-3-12-4-2-6-14(17(12)13)19(23)22(16)18;3*1-2-8-6-4-3-5-7-8;4*1-7-5-3-2-4-6-7/h2-10H;2*1-9H;3*3-7H,2H2,1H3;4*2-6H,1H3. The van der Waals surface area contributed by atoms with Crippen molar-refractivity contribution in [1.29, 1.82) is 10.5 Å². The van der Waals surface area contributed by atoms with Gasteiger partial charge in [0.15, 0.2) is 5.69 Å². The number of pyridine rings is 3. The first kappa shape index (κ1) is 83.1. The van der Waals surface area contributed by atoms with Gasteiger partial charge in [0.2, 0.25) is 0 Å². The van der Waals surface area contributed by atoms with Gasteiger partial charge in [0.1, 0.15) is 16.9 Å². The van der Waals surface area contributed by atoms with Crippen molar-refractivity contribution in [2.24, 2.45) is 0 Å². The molecule has 0 N–H and O–H groups in total. The molecule has 0 atom stereocenters. The highest BCUT2D eigenvalue weighted by Gasteiger charge is 2.20. The third kappa shape index (κ3) is 19.7. The lowest BCUT2D eigenvalue weighted by Crippen LogP contribution is -2.13. The van der Waals surface area contributed by atoms with Crippen LogP contribution < -0.4 is 16.7 Å². The minimum atomic E-state index is -0.0890. The number of nitrogens with zero attached hydrogens (tertiary/aromatic N) is 9. The smallest absolute Gasteiger partial charge is 0.264 e. The van der Waals surface area contributed by atoms with Crippen LogP contribution in [-0.4, -0.2) is 28.2 Å². The lowest BCUT2D eigenvalue weighted by atomic mass is 10.0. The molecule has 22 aromatic rings. The number of rotatable bonds is 3. The Labute approximate surface area is 703 Å². The quantitative estimate of drug-likeness (QED) is 0.158. The van der Waals surface area contributed by atoms with Crippen LogP contribution in [0.4, 0.5) is 5.69 Å². The van der Waals surface area contributed by atoms with Gasteiger partial charge in [-0.15, -0.1) is 0 Å². The topological polar surface area (TPSA) is 155 Å². The average Bonchev–Trinajstić information content (AvgIpc) is 1.62. The molecule has 6 aromatic heterocycles. The first-order valence-electron chi connectivity index (χ1n) is 40.3. The van der Waals surface area contributed by atoms with Crippen molar-refractivity contribution in [3.8, 4) is 12.1 Å². The molecule has 0 aliphatic rings. The Morgan fingerprint density at radius 1 is 0.289 bits per heavy atom. The Morgan fingerprint density at radius 3 is 0.802 bits per heavy atom. The molecule has 0 saturated carbocycles. The van der Waals surface area contributed by atoms with Crippen LogP contribution in [0.15, 0.2) is 390 Å². The molecule has 0 fully saturated rings. The normalized spacial score (nSPS) is 10.4. The highest BCUT2D eigenvalue weighted by molar-refractivity contribution is 6.18. The first-order chi connectivity index (χ1) is 59.2. The van der Waals surface area contributed by atoms with Crippen LogP contribution in [0.3, 0.4) is 0 Å². The summed E-state index contributed by atoms with van der Waals surface area (Å²) in [6, 6.07) is 127. The van der Waals surface area contributed by atoms with E-state index in [1.165, 1.54) is 38.9 Å². The van der Waals surface area contributed by atoms with Crippen molar-refractivity contribution >= 4 is 120 Å². The van der Waals surface area contributed by atoms with Gasteiger partial charge in [-0.05, 0) is 147 Å². The molecule has 0 amide bonds. The van der Waals surface area contributed by atoms with E-state index in [1.807, 2.05) is 200 Å². The van der Waals surface area contributed by atoms with Crippen molar-refractivity contribution in [2.45, 2.75) is 67.7 Å². The minimum Gasteiger partial charge on any atom is -0.268 e. The fraction of sp³-hybridized carbons (Fsp3) is 0.0917. The van der Waals surface area contributed by atoms with E-state index >= 15 is 0 Å². The van der Waals surface area contributed by atoms with E-state index in [9.17, 15) is 14.4 Å². The van der Waals surface area contributed by atoms with Crippen molar-refractivity contribution in [1.82, 2.24) is 28.2 Å². The number of hydrogen-bond donors (Lipinski definition) is 0. The maximum absolute atomic E-state index is 13.0. The number of hydrogen-bond acceptors (Lipinski definition) is 8. The molecule has 0 bridgehead atoms. The van der Waals surface area contributed by atoms with E-state index in [0.717, 1.165) is 84.3 Å². The molecule has 0 unspecified atom stereocenters. The van der Waals surface area contributed by atoms with Gasteiger partial charge in [-0.1, -0.05) is 352 Å². The van der Waals surface area contributed by atoms with Gasteiger partial charge < -0.3 is 0 Å². The second-order valence-electron chi connectivity index (χ2n) is 28.9. The zero-order valence-electron chi connectivity index (χ0n) is 68.7. The minimum absolute atomic E-state index is 0.0727. The van der Waals surface area contributed by atoms with Crippen molar-refractivity contribution in [2.75, 3.05) is 0 Å². The van der Waals surface area contributed by atoms with Crippen LogP contribution >= 0.6 is 0 Å². The molecule has 0 aliphatic heterocycles. The summed E-state index contributed by atoms with van der Waals surface area (Å²) in [6.07, 6.45) is 3.42. The van der Waals surface area contributed by atoms with Crippen LogP contribution in [0.2, 0.25) is 0 Å². The SMILES string of the molecule is CCc1ccccc1.CCc1ccccc1.CCc1ccccc1.Cc1ccccc1.Cc1ccccc1.Cc1ccccc1.Cc1ccccc1.N#Cc1ccc2c(c1)nc1c3cccc4cccc(c(=O)n21)c43.N#Cc1ccc2c(c1)nc1c3cccc4cccc(c(=O)n21)c43.[C-]#[N+]c1ccc2nc3c4cccc5cccc(c(=O)n3c2c1)c54. The monoisotopic (exact) mass is 1570 g/mol. The number of aromatic nitrogens is 6. The molecule has 12 nitrogen and oxygen atoms in total. The largest absolute Gasteiger partial charge is 0.268 e. The van der Waals surface area contributed by atoms with Crippen LogP contribution in [0.5, 0.6) is 0 Å². The fourth-order valence-corrected chi connectivity index (χ4v) is 14.3. The number of fused-ring (bicyclic) bond motifs is 12. The molecular formula is C109H89N9O3. The lowest BCUT2D eigenvalue weighted by molar-refractivity contribution is 1.14. The average molecular weight is 1570 g/mol. The van der Waals surface area contributed by atoms with Gasteiger partial charge in [0.05, 0.1) is 62.9 Å². The molecule has 0 radical (unpaired) electrons. The third-order valence-electron chi connectivity index (χ3n) is 20.6. The molecule has 121 heavy (non-hydrogen) atoms. The van der Waals surface area contributed by atoms with E-state index in [4.69, 9.17) is 17.1 Å². The van der Waals surface area contributed by atoms with Gasteiger partial charge >= 0.3 is 0 Å². The Hall–Kier alpha value is -15.8. The van der Waals surface area contributed by atoms with Gasteiger partial charge in [-0.25, -0.2) is 19.8 Å². The van der Waals surface area contributed by atoms with Crippen LogP contribution in [0, 0.1) is 56.9 Å². The molecule has 0 spiro atoms. The second kappa shape index (κ2) is 40.2. The van der Waals surface area contributed by atoms with E-state index in [2.05, 4.69) is 202 Å². The zero-order valence-corrected chi connectivity index (χ0v) is 68.7. The summed E-state index contributed by atoms with van der Waals surface area (Å²) in [4.78, 5) is 56.3. The van der Waals surface area contributed by atoms with E-state index in [0.29, 0.717) is 66.5 Å². The number of nitriles is 2. The second-order valence-corrected chi connectivity index (χ2v) is 28.9. The fourth-order valence-electron chi connectivity index (χ4n) is 14.3. The Balaban J connectivity index is 0.000000122. The van der Waals surface area contributed by atoms with E-state index in [1.54, 1.807) is 67.8 Å². The van der Waals surface area contributed by atoms with Gasteiger partial charge in [-0.3, -0.25) is 27.6 Å². The van der Waals surface area contributed by atoms with Gasteiger partial charge in [0, 0.05) is 48.5 Å². The van der Waals surface area contributed by atoms with Crippen LogP contribution in [0.1, 0.15) is 70.8 Å². The molecule has 6 heterocycles. The van der Waals surface area contributed by atoms with Gasteiger partial charge in [0.25, 0.3) is 16.7 Å². The Morgan fingerprint density at radius 2 is 0.554 bits per heavy atom. The lowest BCUT2D eigenvalue weighted by Gasteiger charge is -2.06. The maximum atomic E-state index is 13.0. The first-order valence-corrected chi connectivity index (χ1v) is 40.3. The summed E-state index contributed by atoms with van der Waals surface area (Å²) in [5.41, 5.74) is 17.0. The summed E-state index contributed by atoms with van der Waals surface area (Å²) in [5.74, 6) is 0. The van der Waals surface area contributed by atoms with E-state index < -0.39 is 0 Å². The Kier molecular flexibility index (Phi) is 27.6. The Bertz CT molecular complexity index is 6990. The molecular weight excluding hydrogens is 1480 g/mol. The molecule has 22 rings (SSSR count). The molecule has 588 valence electrons. The molecule has 16 aromatic carbocycles. The van der Waals surface area contributed by atoms with E-state index in [-0.39, 0.29) is 16.7 Å². The van der Waals surface area contributed by atoms with Crippen LogP contribution in [0.25, 0.3) is 120 Å². The van der Waals surface area contributed by atoms with Crippen molar-refractivity contribution in [3.05, 3.63) is 469 Å². The van der Waals surface area contributed by atoms with Crippen molar-refractivity contribution in [3.63, 3.8) is 0 Å². The van der Waals surface area contributed by atoms with Crippen molar-refractivity contribution < 1.29 is 0 Å². The third-order valence-corrected chi connectivity index (χ3v) is 20.6. The van der Waals surface area contributed by atoms with Crippen LogP contribution in [-0.2, 0) is 19.3 Å². The molecule has 0 aliphatic carbocycles. The van der Waals surface area contributed by atoms with Gasteiger partial charge in [-0.2, -0.15) is 10.5 Å². The summed E-state index contributed by atoms with van der Waals surface area (Å²) < 4.78 is 4.92. The number of imidazole rings is 3. The zero-order chi connectivity index (χ0) is 84.6. The number of benzene rings is 16. The summed E-state index contributed by atoms with van der Waals surface area (Å²) in [7, 11) is 0. The number of aryl methyl sites for hydroxylation is 7. The molecule has 12 heteroatoms.